The first-order chi connectivity index (χ1) is 20.9. The molecule has 0 aromatic carbocycles. The Morgan fingerprint density at radius 2 is 1.09 bits per heavy atom. The summed E-state index contributed by atoms with van der Waals surface area (Å²) in [6.07, 6.45) is 6.75. The Hall–Kier alpha value is -0.850. The Balaban J connectivity index is 1.04. The second kappa shape index (κ2) is 10.3. The molecule has 2 saturated carbocycles. The van der Waals surface area contributed by atoms with Gasteiger partial charge in [-0.25, -0.2) is 19.6 Å². The fourth-order valence-electron chi connectivity index (χ4n) is 11.4. The van der Waals surface area contributed by atoms with E-state index in [1.165, 1.54) is 0 Å². The highest BCUT2D eigenvalue weighted by atomic mass is 17.3. The summed E-state index contributed by atoms with van der Waals surface area (Å²) in [4.78, 5) is 37.5. The second-order valence-electron chi connectivity index (χ2n) is 16.4. The molecule has 10 aliphatic rings. The number of hydrogen-bond donors (Lipinski definition) is 1. The third-order valence-corrected chi connectivity index (χ3v) is 14.0. The van der Waals surface area contributed by atoms with Crippen molar-refractivity contribution in [1.82, 2.24) is 0 Å². The molecule has 10 rings (SSSR count). The highest BCUT2D eigenvalue weighted by Gasteiger charge is 2.71. The van der Waals surface area contributed by atoms with Crippen molar-refractivity contribution in [2.75, 3.05) is 0 Å². The van der Waals surface area contributed by atoms with E-state index in [9.17, 15) is 9.90 Å². The Kier molecular flexibility index (Phi) is 7.15. The molecule has 44 heavy (non-hydrogen) atoms. The molecule has 2 aliphatic carbocycles. The third kappa shape index (κ3) is 4.24. The molecule has 10 heteroatoms. The van der Waals surface area contributed by atoms with Crippen molar-refractivity contribution in [3.05, 3.63) is 0 Å². The first-order valence-corrected chi connectivity index (χ1v) is 17.5. The maximum absolute atomic E-state index is 12.9. The van der Waals surface area contributed by atoms with Crippen LogP contribution in [0.3, 0.4) is 0 Å². The lowest BCUT2D eigenvalue weighted by molar-refractivity contribution is -0.571. The van der Waals surface area contributed by atoms with E-state index in [0.29, 0.717) is 24.7 Å². The molecule has 0 aromatic heterocycles. The maximum atomic E-state index is 12.9. The lowest BCUT2D eigenvalue weighted by atomic mass is 9.56. The van der Waals surface area contributed by atoms with E-state index in [4.69, 9.17) is 38.5 Å². The highest BCUT2D eigenvalue weighted by Crippen LogP contribution is 2.63. The number of hydrogen-bond acceptors (Lipinski definition) is 9. The molecule has 8 saturated heterocycles. The first kappa shape index (κ1) is 30.5. The van der Waals surface area contributed by atoms with Crippen LogP contribution in [0.15, 0.2) is 0 Å². The van der Waals surface area contributed by atoms with Crippen molar-refractivity contribution >= 4 is 5.97 Å². The summed E-state index contributed by atoms with van der Waals surface area (Å²) >= 11 is 0. The van der Waals surface area contributed by atoms with Gasteiger partial charge in [-0.05, 0) is 101 Å². The molecule has 0 amide bonds. The fraction of sp³-hybridized carbons (Fsp3) is 0.971. The summed E-state index contributed by atoms with van der Waals surface area (Å²) in [5, 5.41) is 10.6. The van der Waals surface area contributed by atoms with Crippen molar-refractivity contribution in [2.24, 2.45) is 53.3 Å². The molecule has 10 fully saturated rings. The topological polar surface area (TPSA) is 111 Å². The molecule has 0 unspecified atom stereocenters. The average Bonchev–Trinajstić information content (AvgIpc) is 3.35. The molecule has 4 bridgehead atoms. The van der Waals surface area contributed by atoms with Gasteiger partial charge in [-0.1, -0.05) is 27.7 Å². The van der Waals surface area contributed by atoms with Gasteiger partial charge in [0.15, 0.2) is 23.8 Å². The highest BCUT2D eigenvalue weighted by molar-refractivity contribution is 5.70. The van der Waals surface area contributed by atoms with Crippen LogP contribution in [0.25, 0.3) is 0 Å². The van der Waals surface area contributed by atoms with Gasteiger partial charge >= 0.3 is 5.97 Å². The fourth-order valence-corrected chi connectivity index (χ4v) is 11.4. The van der Waals surface area contributed by atoms with Crippen LogP contribution in [0.5, 0.6) is 0 Å². The van der Waals surface area contributed by atoms with E-state index in [2.05, 4.69) is 27.7 Å². The molecule has 8 heterocycles. The van der Waals surface area contributed by atoms with Crippen LogP contribution >= 0.6 is 0 Å². The van der Waals surface area contributed by atoms with Crippen LogP contribution in [-0.2, 0) is 43.3 Å². The molecule has 248 valence electrons. The maximum Gasteiger partial charge on any atom is 0.306 e. The van der Waals surface area contributed by atoms with Gasteiger partial charge in [0, 0.05) is 24.7 Å². The lowest BCUT2D eigenvalue weighted by Gasteiger charge is -2.61. The first-order valence-electron chi connectivity index (χ1n) is 17.5. The zero-order chi connectivity index (χ0) is 30.8. The van der Waals surface area contributed by atoms with Crippen LogP contribution < -0.4 is 0 Å². The van der Waals surface area contributed by atoms with Gasteiger partial charge < -0.3 is 24.1 Å². The van der Waals surface area contributed by atoms with Gasteiger partial charge in [-0.3, -0.25) is 4.79 Å². The molecular formula is C34H52O10. The van der Waals surface area contributed by atoms with Crippen molar-refractivity contribution < 1.29 is 48.4 Å². The van der Waals surface area contributed by atoms with Crippen molar-refractivity contribution in [3.8, 4) is 0 Å². The van der Waals surface area contributed by atoms with Crippen LogP contribution in [-0.4, -0.2) is 58.6 Å². The van der Waals surface area contributed by atoms with Crippen LogP contribution in [0.1, 0.15) is 106 Å². The van der Waals surface area contributed by atoms with Crippen LogP contribution in [0.2, 0.25) is 0 Å². The molecule has 10 nitrogen and oxygen atoms in total. The summed E-state index contributed by atoms with van der Waals surface area (Å²) in [7, 11) is 0. The molecule has 16 atom stereocenters. The van der Waals surface area contributed by atoms with Gasteiger partial charge in [-0.15, -0.1) is 0 Å². The SMILES string of the molecule is C[C@H]1[C@@H](CC(C[C@H]2O[C@@H]3O[C@]4(C)CC[C@H]5[C@H](C)CC[C@@H]([C@H]2C)[C@@]35OO4)C(=O)O)O[C@@H]2O[C@]3(C)CC[C@H]4[C@H](C)CC[C@@H]1[C@@]24OO3. The van der Waals surface area contributed by atoms with Gasteiger partial charge in [0.1, 0.15) is 0 Å². The predicted molar refractivity (Wildman–Crippen MR) is 154 cm³/mol. The number of carboxylic acid groups (broad SMARTS) is 1. The number of rotatable bonds is 5. The van der Waals surface area contributed by atoms with E-state index < -0.39 is 47.2 Å². The number of carboxylic acids is 1. The van der Waals surface area contributed by atoms with Gasteiger partial charge in [0.2, 0.25) is 11.6 Å². The quantitative estimate of drug-likeness (QED) is 0.369. The van der Waals surface area contributed by atoms with E-state index in [-0.39, 0.29) is 47.7 Å². The van der Waals surface area contributed by atoms with Crippen molar-refractivity contribution in [3.63, 3.8) is 0 Å². The average molecular weight is 621 g/mol. The predicted octanol–water partition coefficient (Wildman–Crippen LogP) is 5.97. The van der Waals surface area contributed by atoms with Gasteiger partial charge in [0.25, 0.3) is 0 Å². The van der Waals surface area contributed by atoms with Gasteiger partial charge in [0.05, 0.1) is 18.1 Å². The molecular weight excluding hydrogens is 568 g/mol. The Bertz CT molecular complexity index is 1070. The zero-order valence-corrected chi connectivity index (χ0v) is 27.2. The zero-order valence-electron chi connectivity index (χ0n) is 27.2. The summed E-state index contributed by atoms with van der Waals surface area (Å²) in [5.41, 5.74) is -1.30. The number of ether oxygens (including phenoxy) is 4. The Morgan fingerprint density at radius 3 is 1.50 bits per heavy atom. The number of aliphatic carboxylic acids is 1. The minimum atomic E-state index is -0.855. The standard InChI is InChI=1S/C34H52O10/c1-17-7-9-24-19(3)26(37-29-33(24)22(17)11-13-31(5,39-29)41-43-33)15-21(28(35)36)16-27-20(4)25-10-8-18(2)23-12-14-32(6)40-30(38-27)34(23,25)44-42-32/h17-27,29-30H,7-16H2,1-6H3,(H,35,36)/t17-,18-,19-,20-,22+,23+,24+,25+,26-,27-,29-,30-,31+,32+,33-,34-/m1/s1. The second-order valence-corrected chi connectivity index (χ2v) is 16.4. The van der Waals surface area contributed by atoms with E-state index in [1.54, 1.807) is 0 Å². The van der Waals surface area contributed by atoms with Crippen LogP contribution in [0, 0.1) is 53.3 Å². The minimum Gasteiger partial charge on any atom is -0.481 e. The molecule has 1 N–H and O–H groups in total. The molecule has 0 aromatic rings. The summed E-state index contributed by atoms with van der Waals surface area (Å²) in [6, 6.07) is 0. The monoisotopic (exact) mass is 620 g/mol. The number of carbonyl (C=O) groups is 1. The molecule has 2 spiro atoms. The normalized spacial score (nSPS) is 58.3. The van der Waals surface area contributed by atoms with E-state index in [0.717, 1.165) is 51.4 Å². The Labute approximate surface area is 260 Å². The van der Waals surface area contributed by atoms with Gasteiger partial charge in [-0.2, -0.15) is 0 Å². The largest absolute Gasteiger partial charge is 0.481 e. The van der Waals surface area contributed by atoms with E-state index in [1.807, 2.05) is 13.8 Å². The number of fused-ring (bicyclic) bond motifs is 4. The van der Waals surface area contributed by atoms with E-state index >= 15 is 0 Å². The van der Waals surface area contributed by atoms with Crippen LogP contribution in [0.4, 0.5) is 0 Å². The summed E-state index contributed by atoms with van der Waals surface area (Å²) in [5.74, 6) is -1.11. The van der Waals surface area contributed by atoms with Crippen molar-refractivity contribution in [1.29, 1.82) is 0 Å². The Morgan fingerprint density at radius 1 is 0.659 bits per heavy atom. The lowest BCUT2D eigenvalue weighted by Crippen LogP contribution is -2.70. The minimum absolute atomic E-state index is 0.0951. The third-order valence-electron chi connectivity index (χ3n) is 14.0. The molecule has 8 aliphatic heterocycles. The molecule has 0 radical (unpaired) electrons. The smallest absolute Gasteiger partial charge is 0.306 e. The summed E-state index contributed by atoms with van der Waals surface area (Å²) in [6.45, 7) is 12.9. The summed E-state index contributed by atoms with van der Waals surface area (Å²) < 4.78 is 26.7. The van der Waals surface area contributed by atoms with Crippen molar-refractivity contribution in [2.45, 2.75) is 153 Å².